The standard InChI is InChI=1S/C14H21N5/c1-18-8-5-12(6-9-18)10-15-11-14-17-16-13-4-2-3-7-19(13)14/h2-4,7,12,15H,5-6,8-11H2,1H3. The number of nitrogens with zero attached hydrogens (tertiary/aromatic N) is 4. The van der Waals surface area contributed by atoms with Gasteiger partial charge < -0.3 is 10.2 Å². The zero-order valence-corrected chi connectivity index (χ0v) is 11.4. The lowest BCUT2D eigenvalue weighted by atomic mass is 9.97. The van der Waals surface area contributed by atoms with Crippen LogP contribution in [0.15, 0.2) is 24.4 Å². The molecular weight excluding hydrogens is 238 g/mol. The lowest BCUT2D eigenvalue weighted by Crippen LogP contribution is -2.35. The molecule has 0 amide bonds. The summed E-state index contributed by atoms with van der Waals surface area (Å²) in [4.78, 5) is 2.41. The Hall–Kier alpha value is -1.46. The molecule has 2 aromatic heterocycles. The smallest absolute Gasteiger partial charge is 0.160 e. The summed E-state index contributed by atoms with van der Waals surface area (Å²) in [6.45, 7) is 4.31. The van der Waals surface area contributed by atoms with Gasteiger partial charge in [-0.15, -0.1) is 10.2 Å². The fraction of sp³-hybridized carbons (Fsp3) is 0.571. The van der Waals surface area contributed by atoms with Crippen LogP contribution in [0.1, 0.15) is 18.7 Å². The van der Waals surface area contributed by atoms with Gasteiger partial charge in [-0.1, -0.05) is 6.07 Å². The van der Waals surface area contributed by atoms with E-state index in [4.69, 9.17) is 0 Å². The number of pyridine rings is 1. The Morgan fingerprint density at radius 1 is 1.26 bits per heavy atom. The number of fused-ring (bicyclic) bond motifs is 1. The Labute approximate surface area is 113 Å². The monoisotopic (exact) mass is 259 g/mol. The van der Waals surface area contributed by atoms with Crippen LogP contribution in [0.25, 0.3) is 5.65 Å². The lowest BCUT2D eigenvalue weighted by molar-refractivity contribution is 0.215. The van der Waals surface area contributed by atoms with Gasteiger partial charge in [0.25, 0.3) is 0 Å². The predicted molar refractivity (Wildman–Crippen MR) is 74.9 cm³/mol. The number of aromatic nitrogens is 3. The number of nitrogens with one attached hydrogen (secondary N) is 1. The van der Waals surface area contributed by atoms with Crippen LogP contribution in [0.4, 0.5) is 0 Å². The third-order valence-electron chi connectivity index (χ3n) is 3.94. The van der Waals surface area contributed by atoms with E-state index in [-0.39, 0.29) is 0 Å². The maximum atomic E-state index is 4.23. The van der Waals surface area contributed by atoms with Crippen molar-refractivity contribution in [2.75, 3.05) is 26.7 Å². The van der Waals surface area contributed by atoms with E-state index >= 15 is 0 Å². The Bertz CT molecular complexity index is 527. The van der Waals surface area contributed by atoms with Crippen LogP contribution >= 0.6 is 0 Å². The SMILES string of the molecule is CN1CCC(CNCc2nnc3ccccn23)CC1. The molecule has 0 saturated carbocycles. The van der Waals surface area contributed by atoms with Gasteiger partial charge in [0.2, 0.25) is 0 Å². The van der Waals surface area contributed by atoms with E-state index in [1.54, 1.807) is 0 Å². The highest BCUT2D eigenvalue weighted by Gasteiger charge is 2.16. The van der Waals surface area contributed by atoms with Crippen molar-refractivity contribution in [3.05, 3.63) is 30.2 Å². The molecule has 102 valence electrons. The molecule has 0 radical (unpaired) electrons. The average molecular weight is 259 g/mol. The van der Waals surface area contributed by atoms with Gasteiger partial charge in [0.1, 0.15) is 0 Å². The van der Waals surface area contributed by atoms with E-state index in [0.29, 0.717) is 0 Å². The summed E-state index contributed by atoms with van der Waals surface area (Å²) >= 11 is 0. The molecule has 2 aromatic rings. The summed E-state index contributed by atoms with van der Waals surface area (Å²) in [5.41, 5.74) is 0.915. The van der Waals surface area contributed by atoms with Crippen molar-refractivity contribution < 1.29 is 0 Å². The summed E-state index contributed by atoms with van der Waals surface area (Å²) in [6, 6.07) is 5.98. The van der Waals surface area contributed by atoms with E-state index in [9.17, 15) is 0 Å². The van der Waals surface area contributed by atoms with Crippen molar-refractivity contribution in [2.45, 2.75) is 19.4 Å². The first-order chi connectivity index (χ1) is 9.33. The zero-order chi connectivity index (χ0) is 13.1. The first-order valence-electron chi connectivity index (χ1n) is 7.01. The molecule has 1 fully saturated rings. The van der Waals surface area contributed by atoms with Crippen molar-refractivity contribution >= 4 is 5.65 Å². The highest BCUT2D eigenvalue weighted by atomic mass is 15.3. The van der Waals surface area contributed by atoms with Crippen LogP contribution in [-0.2, 0) is 6.54 Å². The van der Waals surface area contributed by atoms with Crippen LogP contribution in [0.2, 0.25) is 0 Å². The number of hydrogen-bond donors (Lipinski definition) is 1. The Kier molecular flexibility index (Phi) is 3.75. The fourth-order valence-corrected chi connectivity index (χ4v) is 2.67. The van der Waals surface area contributed by atoms with Crippen LogP contribution < -0.4 is 5.32 Å². The van der Waals surface area contributed by atoms with Crippen molar-refractivity contribution in [3.8, 4) is 0 Å². The molecule has 1 saturated heterocycles. The molecule has 3 heterocycles. The maximum absolute atomic E-state index is 4.23. The van der Waals surface area contributed by atoms with Gasteiger partial charge in [0.15, 0.2) is 11.5 Å². The van der Waals surface area contributed by atoms with Crippen LogP contribution in [-0.4, -0.2) is 46.2 Å². The molecule has 0 aromatic carbocycles. The molecule has 0 aliphatic carbocycles. The second-order valence-corrected chi connectivity index (χ2v) is 5.42. The molecule has 1 aliphatic rings. The maximum Gasteiger partial charge on any atom is 0.160 e. The van der Waals surface area contributed by atoms with Crippen molar-refractivity contribution in [1.29, 1.82) is 0 Å². The Balaban J connectivity index is 1.52. The number of rotatable bonds is 4. The minimum absolute atomic E-state index is 0.789. The van der Waals surface area contributed by atoms with Gasteiger partial charge in [-0.25, -0.2) is 0 Å². The van der Waals surface area contributed by atoms with Gasteiger partial charge in [-0.3, -0.25) is 4.40 Å². The topological polar surface area (TPSA) is 45.5 Å². The zero-order valence-electron chi connectivity index (χ0n) is 11.4. The summed E-state index contributed by atoms with van der Waals surface area (Å²) in [7, 11) is 2.20. The molecular formula is C14H21N5. The van der Waals surface area contributed by atoms with Crippen molar-refractivity contribution in [3.63, 3.8) is 0 Å². The number of piperidine rings is 1. The lowest BCUT2D eigenvalue weighted by Gasteiger charge is -2.28. The normalized spacial score (nSPS) is 18.2. The average Bonchev–Trinajstić information content (AvgIpc) is 2.85. The third kappa shape index (κ3) is 2.93. The summed E-state index contributed by atoms with van der Waals surface area (Å²) in [5.74, 6) is 1.79. The van der Waals surface area contributed by atoms with Gasteiger partial charge in [0, 0.05) is 6.20 Å². The van der Waals surface area contributed by atoms with E-state index in [1.807, 2.05) is 28.8 Å². The minimum Gasteiger partial charge on any atom is -0.310 e. The Morgan fingerprint density at radius 3 is 2.95 bits per heavy atom. The first kappa shape index (κ1) is 12.6. The highest BCUT2D eigenvalue weighted by Crippen LogP contribution is 2.14. The highest BCUT2D eigenvalue weighted by molar-refractivity contribution is 5.36. The van der Waals surface area contributed by atoms with Gasteiger partial charge in [-0.05, 0) is 57.6 Å². The quantitative estimate of drug-likeness (QED) is 0.895. The predicted octanol–water partition coefficient (Wildman–Crippen LogP) is 1.16. The van der Waals surface area contributed by atoms with Gasteiger partial charge >= 0.3 is 0 Å². The molecule has 0 unspecified atom stereocenters. The summed E-state index contributed by atoms with van der Waals surface area (Å²) in [6.07, 6.45) is 4.61. The molecule has 3 rings (SSSR count). The van der Waals surface area contributed by atoms with E-state index in [0.717, 1.165) is 30.5 Å². The first-order valence-corrected chi connectivity index (χ1v) is 7.01. The second-order valence-electron chi connectivity index (χ2n) is 5.42. The molecule has 0 spiro atoms. The molecule has 0 atom stereocenters. The second kappa shape index (κ2) is 5.67. The van der Waals surface area contributed by atoms with Crippen molar-refractivity contribution in [2.24, 2.45) is 5.92 Å². The molecule has 5 heteroatoms. The van der Waals surface area contributed by atoms with Gasteiger partial charge in [0.05, 0.1) is 6.54 Å². The molecule has 0 bridgehead atoms. The summed E-state index contributed by atoms with van der Waals surface area (Å²) in [5, 5.41) is 11.9. The third-order valence-corrected chi connectivity index (χ3v) is 3.94. The molecule has 5 nitrogen and oxygen atoms in total. The van der Waals surface area contributed by atoms with E-state index in [2.05, 4.69) is 27.5 Å². The van der Waals surface area contributed by atoms with Crippen LogP contribution in [0, 0.1) is 5.92 Å². The van der Waals surface area contributed by atoms with E-state index < -0.39 is 0 Å². The van der Waals surface area contributed by atoms with E-state index in [1.165, 1.54) is 25.9 Å². The molecule has 1 aliphatic heterocycles. The summed E-state index contributed by atoms with van der Waals surface area (Å²) < 4.78 is 2.04. The van der Waals surface area contributed by atoms with Crippen LogP contribution in [0.3, 0.4) is 0 Å². The molecule has 19 heavy (non-hydrogen) atoms. The van der Waals surface area contributed by atoms with Crippen molar-refractivity contribution in [1.82, 2.24) is 24.8 Å². The number of hydrogen-bond acceptors (Lipinski definition) is 4. The van der Waals surface area contributed by atoms with Crippen LogP contribution in [0.5, 0.6) is 0 Å². The number of likely N-dealkylation sites (tertiary alicyclic amines) is 1. The minimum atomic E-state index is 0.789. The fourth-order valence-electron chi connectivity index (χ4n) is 2.67. The largest absolute Gasteiger partial charge is 0.310 e. The molecule has 1 N–H and O–H groups in total. The van der Waals surface area contributed by atoms with Gasteiger partial charge in [-0.2, -0.15) is 0 Å². The Morgan fingerprint density at radius 2 is 2.11 bits per heavy atom.